The van der Waals surface area contributed by atoms with Gasteiger partial charge in [-0.15, -0.1) is 11.3 Å². The van der Waals surface area contributed by atoms with E-state index in [1.165, 1.54) is 4.88 Å². The van der Waals surface area contributed by atoms with E-state index in [9.17, 15) is 4.79 Å². The highest BCUT2D eigenvalue weighted by Gasteiger charge is 2.22. The van der Waals surface area contributed by atoms with E-state index in [0.29, 0.717) is 6.54 Å². The van der Waals surface area contributed by atoms with Crippen molar-refractivity contribution >= 4 is 39.0 Å². The number of hydrogen-bond donors (Lipinski definition) is 1. The Labute approximate surface area is 156 Å². The Bertz CT molecular complexity index is 903. The Balaban J connectivity index is 1.36. The Morgan fingerprint density at radius 3 is 2.69 bits per heavy atom. The Morgan fingerprint density at radius 1 is 1.15 bits per heavy atom. The number of rotatable bonds is 4. The highest BCUT2D eigenvalue weighted by Crippen LogP contribution is 2.30. The van der Waals surface area contributed by atoms with Crippen LogP contribution in [0.3, 0.4) is 0 Å². The number of piperazine rings is 1. The second kappa shape index (κ2) is 7.39. The van der Waals surface area contributed by atoms with Crippen LogP contribution in [-0.4, -0.2) is 53.5 Å². The predicted molar refractivity (Wildman–Crippen MR) is 106 cm³/mol. The molecule has 0 saturated carbocycles. The van der Waals surface area contributed by atoms with Gasteiger partial charge in [0.25, 0.3) is 0 Å². The van der Waals surface area contributed by atoms with Crippen LogP contribution < -0.4 is 10.2 Å². The zero-order valence-electron chi connectivity index (χ0n) is 14.7. The van der Waals surface area contributed by atoms with E-state index in [1.807, 2.05) is 30.3 Å². The molecular weight excluding hydrogens is 346 g/mol. The minimum absolute atomic E-state index is 0.0301. The van der Waals surface area contributed by atoms with Gasteiger partial charge in [0.15, 0.2) is 0 Å². The summed E-state index contributed by atoms with van der Waals surface area (Å²) in [7, 11) is 0. The standard InChI is InChI=1S/C19H21N5OS/c1-14-11-16-18(20-13-21-19(16)26-14)24-9-7-23(8-10-24)12-17(25)22-15-5-3-2-4-6-15/h2-6,11,13H,7-10,12H2,1H3,(H,22,25). The normalized spacial score (nSPS) is 15.3. The van der Waals surface area contributed by atoms with Crippen LogP contribution in [0.2, 0.25) is 0 Å². The third kappa shape index (κ3) is 3.68. The SMILES string of the molecule is Cc1cc2c(N3CCN(CC(=O)Nc4ccccc4)CC3)ncnc2s1. The number of anilines is 2. The van der Waals surface area contributed by atoms with Crippen LogP contribution in [0, 0.1) is 6.92 Å². The van der Waals surface area contributed by atoms with Crippen LogP contribution in [0.4, 0.5) is 11.5 Å². The van der Waals surface area contributed by atoms with Crippen molar-refractivity contribution in [2.45, 2.75) is 6.92 Å². The van der Waals surface area contributed by atoms with Gasteiger partial charge in [-0.05, 0) is 25.1 Å². The van der Waals surface area contributed by atoms with E-state index in [1.54, 1.807) is 17.7 Å². The smallest absolute Gasteiger partial charge is 0.238 e. The van der Waals surface area contributed by atoms with Gasteiger partial charge < -0.3 is 10.2 Å². The van der Waals surface area contributed by atoms with Crippen molar-refractivity contribution in [3.8, 4) is 0 Å². The number of thiophene rings is 1. The summed E-state index contributed by atoms with van der Waals surface area (Å²) in [6.45, 7) is 5.92. The second-order valence-corrected chi connectivity index (χ2v) is 7.69. The molecule has 4 rings (SSSR count). The zero-order chi connectivity index (χ0) is 17.9. The fourth-order valence-electron chi connectivity index (χ4n) is 3.26. The van der Waals surface area contributed by atoms with Gasteiger partial charge in [-0.3, -0.25) is 9.69 Å². The molecule has 0 unspecified atom stereocenters. The first kappa shape index (κ1) is 16.9. The molecule has 0 spiro atoms. The first-order chi connectivity index (χ1) is 12.7. The Kier molecular flexibility index (Phi) is 4.81. The summed E-state index contributed by atoms with van der Waals surface area (Å²) in [6, 6.07) is 11.7. The largest absolute Gasteiger partial charge is 0.353 e. The molecule has 0 atom stereocenters. The molecule has 7 heteroatoms. The van der Waals surface area contributed by atoms with Crippen LogP contribution in [0.1, 0.15) is 4.88 Å². The molecule has 1 N–H and O–H groups in total. The minimum atomic E-state index is 0.0301. The van der Waals surface area contributed by atoms with Crippen molar-refractivity contribution in [2.75, 3.05) is 42.9 Å². The maximum atomic E-state index is 12.2. The van der Waals surface area contributed by atoms with Gasteiger partial charge >= 0.3 is 0 Å². The molecule has 0 aliphatic carbocycles. The molecule has 3 aromatic rings. The lowest BCUT2D eigenvalue weighted by atomic mass is 10.2. The van der Waals surface area contributed by atoms with Gasteiger partial charge in [-0.1, -0.05) is 18.2 Å². The summed E-state index contributed by atoms with van der Waals surface area (Å²) >= 11 is 1.70. The van der Waals surface area contributed by atoms with Crippen molar-refractivity contribution < 1.29 is 4.79 Å². The molecule has 1 aliphatic rings. The van der Waals surface area contributed by atoms with E-state index in [0.717, 1.165) is 47.9 Å². The molecule has 1 amide bonds. The number of para-hydroxylation sites is 1. The molecule has 2 aromatic heterocycles. The second-order valence-electron chi connectivity index (χ2n) is 6.45. The predicted octanol–water partition coefficient (Wildman–Crippen LogP) is 2.76. The molecule has 6 nitrogen and oxygen atoms in total. The number of nitrogens with one attached hydrogen (secondary N) is 1. The van der Waals surface area contributed by atoms with Gasteiger partial charge in [0.2, 0.25) is 5.91 Å². The quantitative estimate of drug-likeness (QED) is 0.768. The van der Waals surface area contributed by atoms with Gasteiger partial charge in [-0.25, -0.2) is 9.97 Å². The number of amides is 1. The number of nitrogens with zero attached hydrogens (tertiary/aromatic N) is 4. The van der Waals surface area contributed by atoms with Gasteiger partial charge in [0.05, 0.1) is 11.9 Å². The average molecular weight is 367 g/mol. The first-order valence-corrected chi connectivity index (χ1v) is 9.54. The topological polar surface area (TPSA) is 61.4 Å². The summed E-state index contributed by atoms with van der Waals surface area (Å²) in [5, 5.41) is 4.08. The zero-order valence-corrected chi connectivity index (χ0v) is 15.5. The van der Waals surface area contributed by atoms with E-state index < -0.39 is 0 Å². The van der Waals surface area contributed by atoms with Gasteiger partial charge in [-0.2, -0.15) is 0 Å². The molecule has 0 bridgehead atoms. The summed E-state index contributed by atoms with van der Waals surface area (Å²) in [6.07, 6.45) is 1.65. The van der Waals surface area contributed by atoms with Crippen molar-refractivity contribution in [1.29, 1.82) is 0 Å². The highest BCUT2D eigenvalue weighted by molar-refractivity contribution is 7.18. The van der Waals surface area contributed by atoms with E-state index in [4.69, 9.17) is 0 Å². The molecular formula is C19H21N5OS. The number of carbonyl (C=O) groups excluding carboxylic acids is 1. The fourth-order valence-corrected chi connectivity index (χ4v) is 4.10. The summed E-state index contributed by atoms with van der Waals surface area (Å²) < 4.78 is 0. The number of aromatic nitrogens is 2. The van der Waals surface area contributed by atoms with Crippen LogP contribution in [-0.2, 0) is 4.79 Å². The lowest BCUT2D eigenvalue weighted by Crippen LogP contribution is -2.49. The Morgan fingerprint density at radius 2 is 1.92 bits per heavy atom. The minimum Gasteiger partial charge on any atom is -0.353 e. The molecule has 1 saturated heterocycles. The van der Waals surface area contributed by atoms with Crippen molar-refractivity contribution in [3.05, 3.63) is 47.6 Å². The van der Waals surface area contributed by atoms with E-state index >= 15 is 0 Å². The lowest BCUT2D eigenvalue weighted by Gasteiger charge is -2.35. The third-order valence-electron chi connectivity index (χ3n) is 4.53. The highest BCUT2D eigenvalue weighted by atomic mass is 32.1. The summed E-state index contributed by atoms with van der Waals surface area (Å²) in [5.74, 6) is 1.04. The number of benzene rings is 1. The molecule has 26 heavy (non-hydrogen) atoms. The molecule has 134 valence electrons. The number of carbonyl (C=O) groups is 1. The molecule has 1 aromatic carbocycles. The maximum Gasteiger partial charge on any atom is 0.238 e. The molecule has 1 fully saturated rings. The average Bonchev–Trinajstić information content (AvgIpc) is 3.03. The van der Waals surface area contributed by atoms with Crippen molar-refractivity contribution in [3.63, 3.8) is 0 Å². The van der Waals surface area contributed by atoms with E-state index in [-0.39, 0.29) is 5.91 Å². The third-order valence-corrected chi connectivity index (χ3v) is 5.49. The maximum absolute atomic E-state index is 12.2. The summed E-state index contributed by atoms with van der Waals surface area (Å²) in [4.78, 5) is 27.9. The van der Waals surface area contributed by atoms with Gasteiger partial charge in [0.1, 0.15) is 17.0 Å². The number of hydrogen-bond acceptors (Lipinski definition) is 6. The van der Waals surface area contributed by atoms with Gasteiger partial charge in [0, 0.05) is 36.7 Å². The Hall–Kier alpha value is -2.51. The van der Waals surface area contributed by atoms with Crippen LogP contribution in [0.25, 0.3) is 10.2 Å². The van der Waals surface area contributed by atoms with Crippen LogP contribution >= 0.6 is 11.3 Å². The number of fused-ring (bicyclic) bond motifs is 1. The van der Waals surface area contributed by atoms with Crippen LogP contribution in [0.5, 0.6) is 0 Å². The van der Waals surface area contributed by atoms with Crippen LogP contribution in [0.15, 0.2) is 42.7 Å². The molecule has 1 aliphatic heterocycles. The fraction of sp³-hybridized carbons (Fsp3) is 0.316. The molecule has 3 heterocycles. The lowest BCUT2D eigenvalue weighted by molar-refractivity contribution is -0.117. The summed E-state index contributed by atoms with van der Waals surface area (Å²) in [5.41, 5.74) is 0.840. The molecule has 0 radical (unpaired) electrons. The van der Waals surface area contributed by atoms with Crippen molar-refractivity contribution in [2.24, 2.45) is 0 Å². The van der Waals surface area contributed by atoms with Crippen molar-refractivity contribution in [1.82, 2.24) is 14.9 Å². The number of aryl methyl sites for hydroxylation is 1. The first-order valence-electron chi connectivity index (χ1n) is 8.72. The van der Waals surface area contributed by atoms with E-state index in [2.05, 4.69) is 38.1 Å². The monoisotopic (exact) mass is 367 g/mol.